The van der Waals surface area contributed by atoms with Gasteiger partial charge in [-0.2, -0.15) is 0 Å². The molecule has 4 heteroatoms. The number of carbonyl (C=O) groups is 1. The van der Waals surface area contributed by atoms with Gasteiger partial charge in [0.2, 0.25) is 0 Å². The average Bonchev–Trinajstić information content (AvgIpc) is 2.12. The Morgan fingerprint density at radius 2 is 2.31 bits per heavy atom. The molecule has 13 heavy (non-hydrogen) atoms. The van der Waals surface area contributed by atoms with Crippen molar-refractivity contribution in [3.05, 3.63) is 28.4 Å². The van der Waals surface area contributed by atoms with Gasteiger partial charge in [0.15, 0.2) is 11.6 Å². The van der Waals surface area contributed by atoms with Gasteiger partial charge in [-0.1, -0.05) is 0 Å². The zero-order valence-corrected chi connectivity index (χ0v) is 7.36. The zero-order chi connectivity index (χ0) is 9.42. The standard InChI is InChI=1S/C9H10N2O2/c1-6-2-3-7(12)9-10-5-4-8(13)11(6)9/h4-6H,2-3H2,1H3/t6-/m1/s1. The molecule has 0 fully saturated rings. The Balaban J connectivity index is 2.70. The van der Waals surface area contributed by atoms with E-state index >= 15 is 0 Å². The van der Waals surface area contributed by atoms with Gasteiger partial charge in [0.25, 0.3) is 5.56 Å². The van der Waals surface area contributed by atoms with Crippen LogP contribution in [0.15, 0.2) is 17.1 Å². The molecule has 68 valence electrons. The van der Waals surface area contributed by atoms with E-state index in [0.717, 1.165) is 6.42 Å². The average molecular weight is 178 g/mol. The number of hydrogen-bond acceptors (Lipinski definition) is 3. The molecule has 0 saturated carbocycles. The van der Waals surface area contributed by atoms with E-state index in [1.807, 2.05) is 6.92 Å². The van der Waals surface area contributed by atoms with Crippen molar-refractivity contribution in [3.63, 3.8) is 0 Å². The monoisotopic (exact) mass is 178 g/mol. The molecule has 1 aliphatic rings. The van der Waals surface area contributed by atoms with Crippen molar-refractivity contribution in [2.45, 2.75) is 25.8 Å². The lowest BCUT2D eigenvalue weighted by molar-refractivity contribution is 0.0934. The number of hydrogen-bond donors (Lipinski definition) is 0. The van der Waals surface area contributed by atoms with Gasteiger partial charge in [-0.3, -0.25) is 14.2 Å². The maximum atomic E-state index is 11.4. The van der Waals surface area contributed by atoms with Gasteiger partial charge in [0.05, 0.1) is 0 Å². The largest absolute Gasteiger partial charge is 0.291 e. The molecule has 0 N–H and O–H groups in total. The molecule has 0 amide bonds. The Hall–Kier alpha value is -1.45. The molecule has 0 aromatic carbocycles. The van der Waals surface area contributed by atoms with E-state index in [4.69, 9.17) is 0 Å². The number of ketones is 1. The Morgan fingerprint density at radius 1 is 1.54 bits per heavy atom. The second-order valence-corrected chi connectivity index (χ2v) is 3.29. The third-order valence-corrected chi connectivity index (χ3v) is 2.36. The molecule has 0 saturated heterocycles. The summed E-state index contributed by atoms with van der Waals surface area (Å²) in [4.78, 5) is 26.7. The minimum Gasteiger partial charge on any atom is -0.291 e. The normalized spacial score (nSPS) is 21.3. The van der Waals surface area contributed by atoms with Gasteiger partial charge in [0.1, 0.15) is 0 Å². The molecular formula is C9H10N2O2. The zero-order valence-electron chi connectivity index (χ0n) is 7.36. The number of Topliss-reactive ketones (excluding diaryl/α,β-unsaturated/α-hetero) is 1. The van der Waals surface area contributed by atoms with Crippen LogP contribution in [-0.2, 0) is 0 Å². The van der Waals surface area contributed by atoms with Crippen LogP contribution in [0.5, 0.6) is 0 Å². The summed E-state index contributed by atoms with van der Waals surface area (Å²) < 4.78 is 1.48. The van der Waals surface area contributed by atoms with E-state index in [2.05, 4.69) is 4.98 Å². The van der Waals surface area contributed by atoms with Gasteiger partial charge in [-0.25, -0.2) is 4.98 Å². The van der Waals surface area contributed by atoms with Crippen LogP contribution in [0.25, 0.3) is 0 Å². The second-order valence-electron chi connectivity index (χ2n) is 3.29. The smallest absolute Gasteiger partial charge is 0.254 e. The maximum absolute atomic E-state index is 11.4. The Morgan fingerprint density at radius 3 is 3.00 bits per heavy atom. The van der Waals surface area contributed by atoms with Crippen LogP contribution in [0.2, 0.25) is 0 Å². The van der Waals surface area contributed by atoms with E-state index in [-0.39, 0.29) is 17.4 Å². The van der Waals surface area contributed by atoms with Gasteiger partial charge >= 0.3 is 0 Å². The van der Waals surface area contributed by atoms with E-state index in [9.17, 15) is 9.59 Å². The summed E-state index contributed by atoms with van der Waals surface area (Å²) in [6.07, 6.45) is 2.62. The highest BCUT2D eigenvalue weighted by atomic mass is 16.1. The number of carbonyl (C=O) groups excluding carboxylic acids is 1. The van der Waals surface area contributed by atoms with Crippen molar-refractivity contribution in [2.75, 3.05) is 0 Å². The molecule has 1 atom stereocenters. The van der Waals surface area contributed by atoms with Crippen LogP contribution in [0.3, 0.4) is 0 Å². The van der Waals surface area contributed by atoms with Crippen LogP contribution in [0.1, 0.15) is 36.4 Å². The van der Waals surface area contributed by atoms with Crippen LogP contribution in [0, 0.1) is 0 Å². The molecule has 0 unspecified atom stereocenters. The number of aromatic nitrogens is 2. The summed E-state index contributed by atoms with van der Waals surface area (Å²) in [6, 6.07) is 1.48. The van der Waals surface area contributed by atoms with Gasteiger partial charge in [-0.15, -0.1) is 0 Å². The molecule has 2 rings (SSSR count). The molecule has 1 aliphatic heterocycles. The SMILES string of the molecule is C[C@@H]1CCC(=O)c2nccc(=O)n21. The second kappa shape index (κ2) is 2.80. The summed E-state index contributed by atoms with van der Waals surface area (Å²) in [6.45, 7) is 1.93. The quantitative estimate of drug-likeness (QED) is 0.590. The van der Waals surface area contributed by atoms with E-state index in [1.54, 1.807) is 0 Å². The molecular weight excluding hydrogens is 168 g/mol. The Labute approximate surface area is 75.2 Å². The van der Waals surface area contributed by atoms with Crippen molar-refractivity contribution >= 4 is 5.78 Å². The van der Waals surface area contributed by atoms with Crippen LogP contribution in [-0.4, -0.2) is 15.3 Å². The summed E-state index contributed by atoms with van der Waals surface area (Å²) >= 11 is 0. The molecule has 0 aliphatic carbocycles. The molecule has 0 bridgehead atoms. The number of nitrogens with zero attached hydrogens (tertiary/aromatic N) is 2. The van der Waals surface area contributed by atoms with Crippen molar-refractivity contribution < 1.29 is 4.79 Å². The molecule has 2 heterocycles. The summed E-state index contributed by atoms with van der Waals surface area (Å²) in [5, 5.41) is 0. The predicted octanol–water partition coefficient (Wildman–Crippen LogP) is 0.781. The highest BCUT2D eigenvalue weighted by Crippen LogP contribution is 2.19. The maximum Gasteiger partial charge on any atom is 0.254 e. The van der Waals surface area contributed by atoms with E-state index in [0.29, 0.717) is 12.2 Å². The molecule has 4 nitrogen and oxygen atoms in total. The third-order valence-electron chi connectivity index (χ3n) is 2.36. The van der Waals surface area contributed by atoms with E-state index < -0.39 is 0 Å². The van der Waals surface area contributed by atoms with Gasteiger partial charge in [0, 0.05) is 24.7 Å². The molecule has 0 spiro atoms. The highest BCUT2D eigenvalue weighted by molar-refractivity contribution is 5.93. The van der Waals surface area contributed by atoms with E-state index in [1.165, 1.54) is 16.8 Å². The first-order chi connectivity index (χ1) is 6.20. The lowest BCUT2D eigenvalue weighted by Crippen LogP contribution is -2.33. The van der Waals surface area contributed by atoms with Crippen molar-refractivity contribution in [2.24, 2.45) is 0 Å². The fourth-order valence-corrected chi connectivity index (χ4v) is 1.63. The first-order valence-electron chi connectivity index (χ1n) is 4.31. The minimum atomic E-state index is -0.134. The van der Waals surface area contributed by atoms with Gasteiger partial charge in [-0.05, 0) is 13.3 Å². The highest BCUT2D eigenvalue weighted by Gasteiger charge is 2.23. The lowest BCUT2D eigenvalue weighted by atomic mass is 10.0. The first kappa shape index (κ1) is 8.16. The fourth-order valence-electron chi connectivity index (χ4n) is 1.63. The predicted molar refractivity (Wildman–Crippen MR) is 46.8 cm³/mol. The Kier molecular flexibility index (Phi) is 1.76. The van der Waals surface area contributed by atoms with Crippen molar-refractivity contribution in [1.29, 1.82) is 0 Å². The molecule has 0 radical (unpaired) electrons. The first-order valence-corrected chi connectivity index (χ1v) is 4.31. The van der Waals surface area contributed by atoms with Crippen LogP contribution >= 0.6 is 0 Å². The topological polar surface area (TPSA) is 52.0 Å². The van der Waals surface area contributed by atoms with Crippen molar-refractivity contribution in [1.82, 2.24) is 9.55 Å². The van der Waals surface area contributed by atoms with Gasteiger partial charge < -0.3 is 0 Å². The summed E-state index contributed by atoms with van der Waals surface area (Å²) in [7, 11) is 0. The summed E-state index contributed by atoms with van der Waals surface area (Å²) in [5.74, 6) is 0.280. The summed E-state index contributed by atoms with van der Waals surface area (Å²) in [5.41, 5.74) is -0.134. The molecule has 1 aromatic heterocycles. The van der Waals surface area contributed by atoms with Crippen molar-refractivity contribution in [3.8, 4) is 0 Å². The third kappa shape index (κ3) is 1.18. The number of fused-ring (bicyclic) bond motifs is 1. The molecule has 1 aromatic rings. The fraction of sp³-hybridized carbons (Fsp3) is 0.444. The van der Waals surface area contributed by atoms with Crippen LogP contribution in [0.4, 0.5) is 0 Å². The Bertz CT molecular complexity index is 408. The number of rotatable bonds is 0. The van der Waals surface area contributed by atoms with Crippen LogP contribution < -0.4 is 5.56 Å². The minimum absolute atomic E-state index is 0.0317. The lowest BCUT2D eigenvalue weighted by Gasteiger charge is -2.21.